The van der Waals surface area contributed by atoms with E-state index in [1.54, 1.807) is 17.3 Å². The number of carbonyl (C=O) groups is 2. The van der Waals surface area contributed by atoms with Gasteiger partial charge in [0.05, 0.1) is 12.1 Å². The van der Waals surface area contributed by atoms with Crippen LogP contribution in [0.4, 0.5) is 8.78 Å². The number of nitrogens with one attached hydrogen (secondary N) is 1. The van der Waals surface area contributed by atoms with Crippen molar-refractivity contribution in [1.82, 2.24) is 20.1 Å². The third-order valence-corrected chi connectivity index (χ3v) is 4.46. The first-order valence-electron chi connectivity index (χ1n) is 8.65. The van der Waals surface area contributed by atoms with Crippen molar-refractivity contribution in [2.45, 2.75) is 6.54 Å². The van der Waals surface area contributed by atoms with Crippen LogP contribution in [0.15, 0.2) is 42.7 Å². The minimum absolute atomic E-state index is 0.222. The Kier molecular flexibility index (Phi) is 6.08. The lowest BCUT2D eigenvalue weighted by Crippen LogP contribution is -2.50. The maximum Gasteiger partial charge on any atom is 0.254 e. The highest BCUT2D eigenvalue weighted by Gasteiger charge is 2.22. The average molecular weight is 374 g/mol. The molecular formula is C19H20F2N4O2. The SMILES string of the molecule is O=C(NCC(=O)N1CCN(Cc2ccncc2)CC1)c1ccc(F)cc1F. The van der Waals surface area contributed by atoms with Gasteiger partial charge in [0.2, 0.25) is 5.91 Å². The van der Waals surface area contributed by atoms with Gasteiger partial charge >= 0.3 is 0 Å². The molecular weight excluding hydrogens is 354 g/mol. The molecule has 1 aromatic carbocycles. The van der Waals surface area contributed by atoms with Crippen LogP contribution in [0.25, 0.3) is 0 Å². The number of amides is 2. The van der Waals surface area contributed by atoms with Crippen molar-refractivity contribution in [2.75, 3.05) is 32.7 Å². The van der Waals surface area contributed by atoms with Crippen LogP contribution in [0, 0.1) is 11.6 Å². The largest absolute Gasteiger partial charge is 0.343 e. The quantitative estimate of drug-likeness (QED) is 0.860. The van der Waals surface area contributed by atoms with Crippen molar-refractivity contribution in [3.05, 3.63) is 65.5 Å². The third kappa shape index (κ3) is 5.07. The van der Waals surface area contributed by atoms with E-state index in [2.05, 4.69) is 15.2 Å². The van der Waals surface area contributed by atoms with Crippen LogP contribution in [0.2, 0.25) is 0 Å². The second kappa shape index (κ2) is 8.68. The highest BCUT2D eigenvalue weighted by Crippen LogP contribution is 2.10. The molecule has 0 bridgehead atoms. The van der Waals surface area contributed by atoms with Crippen LogP contribution in [0.5, 0.6) is 0 Å². The van der Waals surface area contributed by atoms with Gasteiger partial charge in [-0.05, 0) is 29.8 Å². The smallest absolute Gasteiger partial charge is 0.254 e. The Morgan fingerprint density at radius 1 is 1.04 bits per heavy atom. The molecule has 0 unspecified atom stereocenters. The number of hydrogen-bond acceptors (Lipinski definition) is 4. The lowest BCUT2D eigenvalue weighted by atomic mass is 10.2. The molecule has 0 spiro atoms. The number of halogens is 2. The number of aromatic nitrogens is 1. The zero-order valence-electron chi connectivity index (χ0n) is 14.7. The zero-order chi connectivity index (χ0) is 19.2. The van der Waals surface area contributed by atoms with Crippen molar-refractivity contribution in [3.63, 3.8) is 0 Å². The van der Waals surface area contributed by atoms with Gasteiger partial charge in [-0.25, -0.2) is 8.78 Å². The summed E-state index contributed by atoms with van der Waals surface area (Å²) in [6.07, 6.45) is 3.50. The second-order valence-corrected chi connectivity index (χ2v) is 6.32. The molecule has 0 saturated carbocycles. The first-order valence-corrected chi connectivity index (χ1v) is 8.65. The molecule has 27 heavy (non-hydrogen) atoms. The molecule has 1 N–H and O–H groups in total. The summed E-state index contributed by atoms with van der Waals surface area (Å²) in [5, 5.41) is 2.39. The molecule has 2 aromatic rings. The van der Waals surface area contributed by atoms with Gasteiger partial charge < -0.3 is 10.2 Å². The minimum atomic E-state index is -0.954. The minimum Gasteiger partial charge on any atom is -0.343 e. The highest BCUT2D eigenvalue weighted by atomic mass is 19.1. The van der Waals surface area contributed by atoms with E-state index in [9.17, 15) is 18.4 Å². The van der Waals surface area contributed by atoms with Crippen LogP contribution < -0.4 is 5.32 Å². The summed E-state index contributed by atoms with van der Waals surface area (Å²) in [4.78, 5) is 32.1. The van der Waals surface area contributed by atoms with Crippen LogP contribution in [-0.2, 0) is 11.3 Å². The summed E-state index contributed by atoms with van der Waals surface area (Å²) < 4.78 is 26.5. The summed E-state index contributed by atoms with van der Waals surface area (Å²) in [6.45, 7) is 3.16. The van der Waals surface area contributed by atoms with E-state index >= 15 is 0 Å². The molecule has 1 aliphatic rings. The first-order chi connectivity index (χ1) is 13.0. The van der Waals surface area contributed by atoms with Gasteiger partial charge in [0.15, 0.2) is 0 Å². The lowest BCUT2D eigenvalue weighted by Gasteiger charge is -2.34. The van der Waals surface area contributed by atoms with Gasteiger partial charge in [0.25, 0.3) is 5.91 Å². The summed E-state index contributed by atoms with van der Waals surface area (Å²) in [5.41, 5.74) is 0.879. The van der Waals surface area contributed by atoms with Crippen molar-refractivity contribution in [3.8, 4) is 0 Å². The number of nitrogens with zero attached hydrogens (tertiary/aromatic N) is 3. The molecule has 1 saturated heterocycles. The van der Waals surface area contributed by atoms with E-state index in [4.69, 9.17) is 0 Å². The molecule has 1 fully saturated rings. The molecule has 6 nitrogen and oxygen atoms in total. The summed E-state index contributed by atoms with van der Waals surface area (Å²) >= 11 is 0. The average Bonchev–Trinajstić information content (AvgIpc) is 2.67. The third-order valence-electron chi connectivity index (χ3n) is 4.46. The maximum absolute atomic E-state index is 13.6. The lowest BCUT2D eigenvalue weighted by molar-refractivity contribution is -0.131. The topological polar surface area (TPSA) is 65.5 Å². The van der Waals surface area contributed by atoms with Gasteiger partial charge in [-0.1, -0.05) is 0 Å². The normalized spacial score (nSPS) is 14.8. The van der Waals surface area contributed by atoms with E-state index in [-0.39, 0.29) is 18.0 Å². The monoisotopic (exact) mass is 374 g/mol. The fourth-order valence-corrected chi connectivity index (χ4v) is 2.94. The molecule has 2 heterocycles. The number of pyridine rings is 1. The number of rotatable bonds is 5. The Labute approximate surface area is 155 Å². The fraction of sp³-hybridized carbons (Fsp3) is 0.316. The Hall–Kier alpha value is -2.87. The molecule has 2 amide bonds. The Balaban J connectivity index is 1.45. The van der Waals surface area contributed by atoms with Crippen molar-refractivity contribution >= 4 is 11.8 Å². The number of piperazine rings is 1. The molecule has 0 radical (unpaired) electrons. The maximum atomic E-state index is 13.6. The molecule has 0 aliphatic carbocycles. The summed E-state index contributed by atoms with van der Waals surface area (Å²) in [5.74, 6) is -2.68. The van der Waals surface area contributed by atoms with Crippen LogP contribution in [-0.4, -0.2) is 59.3 Å². The predicted octanol–water partition coefficient (Wildman–Crippen LogP) is 1.43. The summed E-state index contributed by atoms with van der Waals surface area (Å²) in [6, 6.07) is 6.62. The fourth-order valence-electron chi connectivity index (χ4n) is 2.94. The van der Waals surface area contributed by atoms with Gasteiger partial charge in [-0.15, -0.1) is 0 Å². The second-order valence-electron chi connectivity index (χ2n) is 6.32. The predicted molar refractivity (Wildman–Crippen MR) is 94.8 cm³/mol. The van der Waals surface area contributed by atoms with Gasteiger partial charge in [0.1, 0.15) is 11.6 Å². The van der Waals surface area contributed by atoms with E-state index in [1.165, 1.54) is 5.56 Å². The van der Waals surface area contributed by atoms with Gasteiger partial charge in [-0.2, -0.15) is 0 Å². The first kappa shape index (κ1) is 18.9. The van der Waals surface area contributed by atoms with E-state index < -0.39 is 17.5 Å². The zero-order valence-corrected chi connectivity index (χ0v) is 14.7. The van der Waals surface area contributed by atoms with Crippen molar-refractivity contribution in [1.29, 1.82) is 0 Å². The number of carbonyl (C=O) groups excluding carboxylic acids is 2. The van der Waals surface area contributed by atoms with E-state index in [0.717, 1.165) is 31.8 Å². The van der Waals surface area contributed by atoms with Crippen molar-refractivity contribution in [2.24, 2.45) is 0 Å². The number of benzene rings is 1. The van der Waals surface area contributed by atoms with Crippen LogP contribution in [0.3, 0.4) is 0 Å². The van der Waals surface area contributed by atoms with Crippen molar-refractivity contribution < 1.29 is 18.4 Å². The van der Waals surface area contributed by atoms with Gasteiger partial charge in [-0.3, -0.25) is 19.5 Å². The van der Waals surface area contributed by atoms with E-state index in [1.807, 2.05) is 12.1 Å². The molecule has 1 aliphatic heterocycles. The molecule has 0 atom stereocenters. The van der Waals surface area contributed by atoms with Gasteiger partial charge in [0, 0.05) is 51.2 Å². The van der Waals surface area contributed by atoms with E-state index in [0.29, 0.717) is 19.2 Å². The Bertz CT molecular complexity index is 809. The molecule has 142 valence electrons. The molecule has 3 rings (SSSR count). The molecule has 1 aromatic heterocycles. The molecule has 8 heteroatoms. The highest BCUT2D eigenvalue weighted by molar-refractivity contribution is 5.96. The number of hydrogen-bond donors (Lipinski definition) is 1. The Morgan fingerprint density at radius 3 is 2.41 bits per heavy atom. The van der Waals surface area contributed by atoms with Crippen LogP contribution >= 0.6 is 0 Å². The standard InChI is InChI=1S/C19H20F2N4O2/c20-15-1-2-16(17(21)11-15)19(27)23-12-18(26)25-9-7-24(8-10-25)13-14-3-5-22-6-4-14/h1-6,11H,7-10,12-13H2,(H,23,27). The van der Waals surface area contributed by atoms with Crippen LogP contribution in [0.1, 0.15) is 15.9 Å². The summed E-state index contributed by atoms with van der Waals surface area (Å²) in [7, 11) is 0. The Morgan fingerprint density at radius 2 is 1.74 bits per heavy atom.